The molecule has 0 bridgehead atoms. The number of ether oxygens (including phenoxy) is 1. The van der Waals surface area contributed by atoms with Gasteiger partial charge in [0, 0.05) is 12.3 Å². The number of fused-ring (bicyclic) bond motifs is 3. The molecule has 6 nitrogen and oxygen atoms in total. The van der Waals surface area contributed by atoms with E-state index in [2.05, 4.69) is 10.5 Å². The molecular weight excluding hydrogens is 222 g/mol. The lowest BCUT2D eigenvalue weighted by atomic mass is 10.2. The number of nitrogens with one attached hydrogen (secondary N) is 1. The van der Waals surface area contributed by atoms with E-state index in [-0.39, 0.29) is 6.61 Å². The predicted octanol–water partition coefficient (Wildman–Crippen LogP) is 1.06. The summed E-state index contributed by atoms with van der Waals surface area (Å²) in [6, 6.07) is 5.26. The molecule has 6 heteroatoms. The van der Waals surface area contributed by atoms with Gasteiger partial charge in [0.25, 0.3) is 0 Å². The third-order valence-electron chi connectivity index (χ3n) is 2.70. The molecule has 3 rings (SSSR count). The van der Waals surface area contributed by atoms with Gasteiger partial charge in [-0.15, -0.1) is 0 Å². The summed E-state index contributed by atoms with van der Waals surface area (Å²) >= 11 is 0. The molecule has 1 aromatic heterocycles. The van der Waals surface area contributed by atoms with Crippen LogP contribution in [0, 0.1) is 0 Å². The second kappa shape index (κ2) is 3.76. The summed E-state index contributed by atoms with van der Waals surface area (Å²) in [4.78, 5) is 4.23. The van der Waals surface area contributed by atoms with Gasteiger partial charge in [0.05, 0.1) is 23.7 Å². The van der Waals surface area contributed by atoms with E-state index in [1.807, 2.05) is 10.6 Å². The number of aromatic nitrogens is 2. The van der Waals surface area contributed by atoms with Crippen molar-refractivity contribution in [2.24, 2.45) is 0 Å². The molecule has 0 saturated heterocycles. The zero-order valence-corrected chi connectivity index (χ0v) is 8.92. The van der Waals surface area contributed by atoms with Crippen LogP contribution >= 0.6 is 0 Å². The van der Waals surface area contributed by atoms with Gasteiger partial charge in [-0.2, -0.15) is 0 Å². The maximum atomic E-state index is 9.06. The molecule has 2 aromatic rings. The highest BCUT2D eigenvalue weighted by Crippen LogP contribution is 2.32. The van der Waals surface area contributed by atoms with Crippen LogP contribution in [0.4, 0.5) is 5.69 Å². The summed E-state index contributed by atoms with van der Waals surface area (Å²) < 4.78 is 7.41. The van der Waals surface area contributed by atoms with Gasteiger partial charge in [0.2, 0.25) is 0 Å². The highest BCUT2D eigenvalue weighted by molar-refractivity contribution is 5.58. The van der Waals surface area contributed by atoms with Crippen LogP contribution in [0.1, 0.15) is 11.5 Å². The molecule has 3 N–H and O–H groups in total. The molecule has 0 atom stereocenters. The Morgan fingerprint density at radius 3 is 3.12 bits per heavy atom. The Bertz CT molecular complexity index is 565. The highest BCUT2D eigenvalue weighted by atomic mass is 16.5. The maximum absolute atomic E-state index is 9.06. The van der Waals surface area contributed by atoms with Crippen LogP contribution in [0.2, 0.25) is 0 Å². The Morgan fingerprint density at radius 2 is 2.35 bits per heavy atom. The van der Waals surface area contributed by atoms with E-state index < -0.39 is 0 Å². The van der Waals surface area contributed by atoms with Crippen LogP contribution in [0.5, 0.6) is 5.75 Å². The lowest BCUT2D eigenvalue weighted by molar-refractivity contribution is 0.272. The number of rotatable bonds is 2. The molecule has 0 spiro atoms. The first-order valence-corrected chi connectivity index (χ1v) is 5.17. The molecule has 1 aromatic carbocycles. The van der Waals surface area contributed by atoms with Gasteiger partial charge >= 0.3 is 0 Å². The molecule has 0 amide bonds. The summed E-state index contributed by atoms with van der Waals surface area (Å²) in [6.07, 6.45) is 1.78. The fourth-order valence-electron chi connectivity index (χ4n) is 1.90. The zero-order chi connectivity index (χ0) is 11.8. The van der Waals surface area contributed by atoms with Crippen LogP contribution in [-0.4, -0.2) is 19.9 Å². The Balaban J connectivity index is 2.12. The number of benzene rings is 1. The Labute approximate surface area is 97.1 Å². The molecular formula is C11H11N3O3. The van der Waals surface area contributed by atoms with E-state index >= 15 is 0 Å². The van der Waals surface area contributed by atoms with Crippen LogP contribution in [0.3, 0.4) is 0 Å². The van der Waals surface area contributed by atoms with Gasteiger partial charge in [-0.25, -0.2) is 4.98 Å². The average Bonchev–Trinajstić information content (AvgIpc) is 2.81. The van der Waals surface area contributed by atoms with Crippen molar-refractivity contribution in [2.45, 2.75) is 13.2 Å². The van der Waals surface area contributed by atoms with E-state index in [1.165, 1.54) is 0 Å². The molecule has 0 saturated carbocycles. The molecule has 88 valence electrons. The molecule has 0 fully saturated rings. The molecule has 1 aliphatic rings. The number of hydrogen-bond acceptors (Lipinski definition) is 5. The average molecular weight is 233 g/mol. The van der Waals surface area contributed by atoms with Crippen molar-refractivity contribution in [1.82, 2.24) is 9.55 Å². The monoisotopic (exact) mass is 233 g/mol. The van der Waals surface area contributed by atoms with Gasteiger partial charge in [-0.3, -0.25) is 15.3 Å². The molecule has 2 heterocycles. The van der Waals surface area contributed by atoms with Crippen LogP contribution in [0.25, 0.3) is 5.69 Å². The largest absolute Gasteiger partial charge is 0.483 e. The van der Waals surface area contributed by atoms with E-state index in [0.717, 1.165) is 11.5 Å². The topological polar surface area (TPSA) is 79.5 Å². The standard InChI is InChI=1S/C11H11N3O3/c15-5-8-4-14-9-2-1-7(13-16)3-10(9)17-6-11(14)12-8/h1-4,13,15-16H,5-6H2. The normalized spacial score (nSPS) is 12.6. The van der Waals surface area contributed by atoms with Crippen LogP contribution < -0.4 is 10.2 Å². The minimum atomic E-state index is -0.0917. The van der Waals surface area contributed by atoms with Crippen LogP contribution in [-0.2, 0) is 13.2 Å². The number of imidazole rings is 1. The third kappa shape index (κ3) is 1.54. The van der Waals surface area contributed by atoms with Crippen molar-refractivity contribution < 1.29 is 15.1 Å². The van der Waals surface area contributed by atoms with Crippen molar-refractivity contribution in [3.05, 3.63) is 35.9 Å². The first-order chi connectivity index (χ1) is 8.31. The SMILES string of the molecule is OCc1cn2c(n1)COc1cc(NO)ccc1-2. The summed E-state index contributed by atoms with van der Waals surface area (Å²) in [5, 5.41) is 17.9. The Kier molecular flexibility index (Phi) is 2.24. The second-order valence-corrected chi connectivity index (χ2v) is 3.76. The minimum absolute atomic E-state index is 0.0917. The highest BCUT2D eigenvalue weighted by Gasteiger charge is 2.19. The fourth-order valence-corrected chi connectivity index (χ4v) is 1.90. The number of aliphatic hydroxyl groups excluding tert-OH is 1. The zero-order valence-electron chi connectivity index (χ0n) is 8.92. The number of nitrogens with zero attached hydrogens (tertiary/aromatic N) is 2. The summed E-state index contributed by atoms with van der Waals surface area (Å²) in [5.41, 5.74) is 4.09. The van der Waals surface area contributed by atoms with Crippen molar-refractivity contribution in [3.63, 3.8) is 0 Å². The van der Waals surface area contributed by atoms with Gasteiger partial charge in [-0.05, 0) is 12.1 Å². The molecule has 17 heavy (non-hydrogen) atoms. The fraction of sp³-hybridized carbons (Fsp3) is 0.182. The lowest BCUT2D eigenvalue weighted by Crippen LogP contribution is -2.12. The number of anilines is 1. The molecule has 0 aliphatic carbocycles. The quantitative estimate of drug-likeness (QED) is 0.676. The summed E-state index contributed by atoms with van der Waals surface area (Å²) in [6.45, 7) is 0.257. The Morgan fingerprint density at radius 1 is 1.47 bits per heavy atom. The Hall–Kier alpha value is -2.05. The van der Waals surface area contributed by atoms with Crippen molar-refractivity contribution in [3.8, 4) is 11.4 Å². The van der Waals surface area contributed by atoms with Crippen molar-refractivity contribution >= 4 is 5.69 Å². The summed E-state index contributed by atoms with van der Waals surface area (Å²) in [7, 11) is 0. The third-order valence-corrected chi connectivity index (χ3v) is 2.70. The smallest absolute Gasteiger partial charge is 0.151 e. The molecule has 0 radical (unpaired) electrons. The second-order valence-electron chi connectivity index (χ2n) is 3.76. The van der Waals surface area contributed by atoms with Gasteiger partial charge in [-0.1, -0.05) is 0 Å². The maximum Gasteiger partial charge on any atom is 0.151 e. The van der Waals surface area contributed by atoms with Crippen molar-refractivity contribution in [2.75, 3.05) is 5.48 Å². The van der Waals surface area contributed by atoms with Crippen molar-refractivity contribution in [1.29, 1.82) is 0 Å². The van der Waals surface area contributed by atoms with E-state index in [0.29, 0.717) is 23.7 Å². The first-order valence-electron chi connectivity index (χ1n) is 5.17. The molecule has 1 aliphatic heterocycles. The van der Waals surface area contributed by atoms with Crippen LogP contribution in [0.15, 0.2) is 24.4 Å². The summed E-state index contributed by atoms with van der Waals surface area (Å²) in [5.74, 6) is 1.42. The predicted molar refractivity (Wildman–Crippen MR) is 59.2 cm³/mol. The van der Waals surface area contributed by atoms with Gasteiger partial charge in [0.15, 0.2) is 5.82 Å². The minimum Gasteiger partial charge on any atom is -0.483 e. The van der Waals surface area contributed by atoms with E-state index in [1.54, 1.807) is 18.3 Å². The van der Waals surface area contributed by atoms with Gasteiger partial charge < -0.3 is 9.84 Å². The lowest BCUT2D eigenvalue weighted by Gasteiger charge is -2.19. The van der Waals surface area contributed by atoms with E-state index in [4.69, 9.17) is 15.1 Å². The van der Waals surface area contributed by atoms with E-state index in [9.17, 15) is 0 Å². The number of aliphatic hydroxyl groups is 1. The first kappa shape index (κ1) is 10.1. The number of hydrogen-bond donors (Lipinski definition) is 3. The molecule has 0 unspecified atom stereocenters. The van der Waals surface area contributed by atoms with Gasteiger partial charge in [0.1, 0.15) is 12.4 Å².